The summed E-state index contributed by atoms with van der Waals surface area (Å²) in [4.78, 5) is 48.4. The molecule has 2 amide bonds. The maximum atomic E-state index is 13.0. The minimum absolute atomic E-state index is 0.0461. The maximum absolute atomic E-state index is 13.0. The highest BCUT2D eigenvalue weighted by Crippen LogP contribution is 2.47. The summed E-state index contributed by atoms with van der Waals surface area (Å²) < 4.78 is -1.24. The zero-order valence-corrected chi connectivity index (χ0v) is 23.0. The summed E-state index contributed by atoms with van der Waals surface area (Å²) in [5.41, 5.74) is 11.5. The number of nitrogens with one attached hydrogen (secondary N) is 1. The molecule has 2 aromatic rings. The molecule has 17 heteroatoms. The van der Waals surface area contributed by atoms with Crippen LogP contribution >= 0.6 is 58.2 Å². The van der Waals surface area contributed by atoms with Crippen molar-refractivity contribution >= 4 is 86.9 Å². The van der Waals surface area contributed by atoms with Crippen molar-refractivity contribution in [3.05, 3.63) is 34.1 Å². The number of β-lactam (4-membered cyclic amide) rings is 1. The highest BCUT2D eigenvalue weighted by Gasteiger charge is 2.58. The summed E-state index contributed by atoms with van der Waals surface area (Å²) in [6, 6.07) is 0.922. The predicted molar refractivity (Wildman–Crippen MR) is 145 cm³/mol. The topological polar surface area (TPSA) is 197 Å². The van der Waals surface area contributed by atoms with Crippen molar-refractivity contribution in [3.63, 3.8) is 0 Å². The Morgan fingerprint density at radius 2 is 2.22 bits per heavy atom. The molecule has 2 saturated heterocycles. The molecule has 0 aliphatic carbocycles. The van der Waals surface area contributed by atoms with E-state index in [9.17, 15) is 24.7 Å². The molecule has 0 aromatic carbocycles. The Bertz CT molecular complexity index is 1250. The van der Waals surface area contributed by atoms with Crippen molar-refractivity contribution in [2.45, 2.75) is 26.8 Å². The average molecular weight is 604 g/mol. The summed E-state index contributed by atoms with van der Waals surface area (Å²) in [5, 5.41) is 24.7. The maximum Gasteiger partial charge on any atom is 0.322 e. The standard InChI is InChI=1S/C20H22ClN7O5S4/c21-14-11(26-19(23)36-14)12(27-33)15(29)25-13-16(30)28-7-20(18(31)32,8-35-17(13)28)37-10-5-24-3-1-9(10)6-34-4-2-22/h1,3,5,13,17,33H,2,4,6-8,22H2,(H2,23,26)(H,25,29)(H,31,32)/t13-,17-,20?/m1/s1. The number of fused-ring (bicyclic) bond motifs is 1. The van der Waals surface area contributed by atoms with Gasteiger partial charge >= 0.3 is 5.97 Å². The van der Waals surface area contributed by atoms with E-state index in [0.29, 0.717) is 12.3 Å². The lowest BCUT2D eigenvalue weighted by Gasteiger charge is -2.53. The lowest BCUT2D eigenvalue weighted by atomic mass is 10.0. The van der Waals surface area contributed by atoms with E-state index in [2.05, 4.69) is 20.4 Å². The number of halogens is 1. The molecule has 0 saturated carbocycles. The number of rotatable bonds is 10. The number of carboxylic acids is 1. The summed E-state index contributed by atoms with van der Waals surface area (Å²) >= 11 is 11.0. The van der Waals surface area contributed by atoms with Crippen LogP contribution in [0.15, 0.2) is 28.5 Å². The van der Waals surface area contributed by atoms with Gasteiger partial charge in [-0.15, -0.1) is 23.5 Å². The van der Waals surface area contributed by atoms with Crippen LogP contribution in [0.25, 0.3) is 0 Å². The number of nitrogens with zero attached hydrogens (tertiary/aromatic N) is 4. The van der Waals surface area contributed by atoms with Gasteiger partial charge in [-0.3, -0.25) is 19.4 Å². The number of hydrogen-bond donors (Lipinski definition) is 5. The third-order valence-electron chi connectivity index (χ3n) is 5.57. The molecule has 0 radical (unpaired) electrons. The van der Waals surface area contributed by atoms with Crippen molar-refractivity contribution in [1.82, 2.24) is 20.2 Å². The van der Waals surface area contributed by atoms with Gasteiger partial charge in [-0.05, 0) is 11.6 Å². The number of nitrogens with two attached hydrogens (primary N) is 2. The molecular weight excluding hydrogens is 582 g/mol. The molecule has 2 fully saturated rings. The first-order valence-electron chi connectivity index (χ1n) is 10.7. The van der Waals surface area contributed by atoms with Gasteiger partial charge in [-0.2, -0.15) is 11.8 Å². The molecule has 1 unspecified atom stereocenters. The van der Waals surface area contributed by atoms with E-state index < -0.39 is 39.7 Å². The minimum Gasteiger partial charge on any atom is -0.480 e. The number of thioether (sulfide) groups is 3. The van der Waals surface area contributed by atoms with Crippen LogP contribution in [0, 0.1) is 0 Å². The van der Waals surface area contributed by atoms with Crippen LogP contribution < -0.4 is 16.8 Å². The van der Waals surface area contributed by atoms with Crippen LogP contribution in [-0.4, -0.2) is 89.4 Å². The number of aromatic nitrogens is 2. The van der Waals surface area contributed by atoms with E-state index >= 15 is 0 Å². The molecule has 4 rings (SSSR count). The Morgan fingerprint density at radius 3 is 2.86 bits per heavy atom. The third kappa shape index (κ3) is 5.63. The number of amides is 2. The Morgan fingerprint density at radius 1 is 1.43 bits per heavy atom. The van der Waals surface area contributed by atoms with Gasteiger partial charge in [0.05, 0.1) is 0 Å². The fourth-order valence-electron chi connectivity index (χ4n) is 3.76. The lowest BCUT2D eigenvalue weighted by Crippen LogP contribution is -2.74. The van der Waals surface area contributed by atoms with Crippen molar-refractivity contribution in [2.24, 2.45) is 10.9 Å². The minimum atomic E-state index is -1.30. The predicted octanol–water partition coefficient (Wildman–Crippen LogP) is 1.16. The molecule has 37 heavy (non-hydrogen) atoms. The van der Waals surface area contributed by atoms with Gasteiger partial charge in [0.1, 0.15) is 26.2 Å². The first-order valence-corrected chi connectivity index (χ1v) is 14.9. The van der Waals surface area contributed by atoms with Gasteiger partial charge in [0, 0.05) is 47.6 Å². The quantitative estimate of drug-likeness (QED) is 0.0855. The Hall–Kier alpha value is -2.24. The van der Waals surface area contributed by atoms with Gasteiger partial charge in [0.2, 0.25) is 5.91 Å². The third-order valence-corrected chi connectivity index (χ3v) is 10.8. The van der Waals surface area contributed by atoms with Gasteiger partial charge in [-0.1, -0.05) is 28.1 Å². The fraction of sp³-hybridized carbons (Fsp3) is 0.400. The first-order chi connectivity index (χ1) is 17.7. The lowest BCUT2D eigenvalue weighted by molar-refractivity contribution is -0.151. The number of carbonyl (C=O) groups is 3. The molecule has 2 aliphatic heterocycles. The van der Waals surface area contributed by atoms with Gasteiger partial charge < -0.3 is 32.0 Å². The number of aliphatic carboxylic acids is 1. The monoisotopic (exact) mass is 603 g/mol. The second kappa shape index (κ2) is 11.7. The number of nitrogen functional groups attached to an aromatic ring is 1. The van der Waals surface area contributed by atoms with E-state index in [1.165, 1.54) is 28.4 Å². The molecule has 3 atom stereocenters. The number of hydrogen-bond acceptors (Lipinski definition) is 13. The van der Waals surface area contributed by atoms with E-state index in [1.807, 2.05) is 6.07 Å². The molecule has 4 heterocycles. The van der Waals surface area contributed by atoms with E-state index in [-0.39, 0.29) is 27.5 Å². The number of carbonyl (C=O) groups excluding carboxylic acids is 2. The van der Waals surface area contributed by atoms with Crippen LogP contribution in [0.2, 0.25) is 4.34 Å². The Balaban J connectivity index is 1.46. The van der Waals surface area contributed by atoms with Gasteiger partial charge in [0.25, 0.3) is 5.91 Å². The number of anilines is 1. The molecule has 7 N–H and O–H groups in total. The molecule has 198 valence electrons. The smallest absolute Gasteiger partial charge is 0.322 e. The molecule has 12 nitrogen and oxygen atoms in total. The summed E-state index contributed by atoms with van der Waals surface area (Å²) in [7, 11) is 0. The van der Waals surface area contributed by atoms with E-state index in [4.69, 9.17) is 23.1 Å². The largest absolute Gasteiger partial charge is 0.480 e. The van der Waals surface area contributed by atoms with Crippen molar-refractivity contribution in [1.29, 1.82) is 0 Å². The number of oxime groups is 1. The second-order valence-electron chi connectivity index (χ2n) is 7.97. The molecule has 0 bridgehead atoms. The fourth-order valence-corrected chi connectivity index (χ4v) is 8.48. The molecular formula is C20H22ClN7O5S4. The molecule has 2 aromatic heterocycles. The van der Waals surface area contributed by atoms with Crippen molar-refractivity contribution in [3.8, 4) is 0 Å². The average Bonchev–Trinajstić information content (AvgIpc) is 3.21. The Labute approximate surface area is 233 Å². The number of pyridine rings is 1. The van der Waals surface area contributed by atoms with E-state index in [1.54, 1.807) is 24.2 Å². The van der Waals surface area contributed by atoms with Crippen molar-refractivity contribution < 1.29 is 24.7 Å². The van der Waals surface area contributed by atoms with Crippen molar-refractivity contribution in [2.75, 3.05) is 30.3 Å². The van der Waals surface area contributed by atoms with Crippen LogP contribution in [0.5, 0.6) is 0 Å². The SMILES string of the molecule is NCCSCc1ccncc1SC1(C(=O)O)CS[C@@H]2[C@H](NC(=O)C(=NO)c3nc(N)sc3Cl)C(=O)N2C1. The summed E-state index contributed by atoms with van der Waals surface area (Å²) in [6.45, 7) is 0.496. The number of carboxylic acid groups (broad SMARTS) is 1. The molecule has 0 spiro atoms. The second-order valence-corrected chi connectivity index (χ2v) is 13.2. The zero-order valence-electron chi connectivity index (χ0n) is 19.0. The van der Waals surface area contributed by atoms with E-state index in [0.717, 1.165) is 27.5 Å². The van der Waals surface area contributed by atoms with Crippen LogP contribution in [0.1, 0.15) is 11.3 Å². The number of thiazole rings is 1. The van der Waals surface area contributed by atoms with Gasteiger partial charge in [0.15, 0.2) is 10.8 Å². The normalized spacial score (nSPS) is 23.4. The van der Waals surface area contributed by atoms with Crippen LogP contribution in [-0.2, 0) is 20.1 Å². The summed E-state index contributed by atoms with van der Waals surface area (Å²) in [5.74, 6) is -0.718. The zero-order chi connectivity index (χ0) is 26.7. The highest BCUT2D eigenvalue weighted by molar-refractivity contribution is 8.05. The molecule has 2 aliphatic rings. The van der Waals surface area contributed by atoms with Crippen LogP contribution in [0.3, 0.4) is 0 Å². The van der Waals surface area contributed by atoms with Gasteiger partial charge in [-0.25, -0.2) is 4.98 Å². The highest BCUT2D eigenvalue weighted by atomic mass is 35.5. The first kappa shape index (κ1) is 27.8. The Kier molecular flexibility index (Phi) is 8.75. The summed E-state index contributed by atoms with van der Waals surface area (Å²) in [6.07, 6.45) is 3.29. The van der Waals surface area contributed by atoms with Crippen LogP contribution in [0.4, 0.5) is 5.13 Å².